The molecule has 2 aliphatic rings. The van der Waals surface area contributed by atoms with Gasteiger partial charge in [-0.05, 0) is 51.8 Å². The average molecular weight is 440 g/mol. The Morgan fingerprint density at radius 2 is 1.88 bits per heavy atom. The molecule has 8 nitrogen and oxygen atoms in total. The fourth-order valence-corrected chi connectivity index (χ4v) is 4.78. The lowest BCUT2D eigenvalue weighted by atomic mass is 10.0. The maximum Gasteiger partial charge on any atom is 0.191 e. The van der Waals surface area contributed by atoms with Crippen molar-refractivity contribution in [3.63, 3.8) is 0 Å². The van der Waals surface area contributed by atoms with Crippen molar-refractivity contribution in [1.82, 2.24) is 30.3 Å². The molecule has 2 aromatic rings. The Morgan fingerprint density at radius 1 is 1.06 bits per heavy atom. The van der Waals surface area contributed by atoms with Gasteiger partial charge in [0.2, 0.25) is 0 Å². The minimum absolute atomic E-state index is 0.238. The zero-order valence-corrected chi connectivity index (χ0v) is 19.5. The Morgan fingerprint density at radius 3 is 2.69 bits per heavy atom. The zero-order chi connectivity index (χ0) is 22.2. The molecular weight excluding hydrogens is 402 g/mol. The number of para-hydroxylation sites is 1. The highest BCUT2D eigenvalue weighted by molar-refractivity contribution is 5.79. The standard InChI is InChI=1S/C24H37N7O/c1-3-25-24(27-18-23-29-28-22-13-5-4-8-16-31(22)23)26-17-20(30-14-9-10-15-30)19-11-6-7-12-21(19)32-2/h6-7,11-12,20H,3-5,8-10,13-18H2,1-2H3,(H2,25,26,27). The van der Waals surface area contributed by atoms with Gasteiger partial charge >= 0.3 is 0 Å². The molecule has 174 valence electrons. The molecule has 3 heterocycles. The number of fused-ring (bicyclic) bond motifs is 1. The van der Waals surface area contributed by atoms with E-state index in [1.807, 2.05) is 6.07 Å². The first-order valence-corrected chi connectivity index (χ1v) is 12.1. The molecule has 1 aromatic heterocycles. The summed E-state index contributed by atoms with van der Waals surface area (Å²) in [5, 5.41) is 15.8. The fraction of sp³-hybridized carbons (Fsp3) is 0.625. The van der Waals surface area contributed by atoms with Crippen molar-refractivity contribution < 1.29 is 4.74 Å². The molecule has 1 atom stereocenters. The molecule has 0 spiro atoms. The van der Waals surface area contributed by atoms with Gasteiger partial charge in [0.1, 0.15) is 18.1 Å². The van der Waals surface area contributed by atoms with E-state index in [9.17, 15) is 0 Å². The molecule has 2 N–H and O–H groups in total. The molecule has 1 aromatic carbocycles. The Kier molecular flexibility index (Phi) is 7.98. The molecule has 4 rings (SSSR count). The van der Waals surface area contributed by atoms with E-state index in [1.165, 1.54) is 37.7 Å². The highest BCUT2D eigenvalue weighted by Gasteiger charge is 2.26. The Labute approximate surface area is 191 Å². The van der Waals surface area contributed by atoms with Crippen molar-refractivity contribution in [1.29, 1.82) is 0 Å². The van der Waals surface area contributed by atoms with Gasteiger partial charge in [0, 0.05) is 31.6 Å². The van der Waals surface area contributed by atoms with Gasteiger partial charge in [0.05, 0.1) is 13.2 Å². The summed E-state index contributed by atoms with van der Waals surface area (Å²) in [6.07, 6.45) is 7.17. The fourth-order valence-electron chi connectivity index (χ4n) is 4.78. The van der Waals surface area contributed by atoms with Crippen molar-refractivity contribution in [3.05, 3.63) is 41.5 Å². The molecule has 0 radical (unpaired) electrons. The maximum atomic E-state index is 5.68. The lowest BCUT2D eigenvalue weighted by Crippen LogP contribution is -2.42. The number of aliphatic imine (C=N–C) groups is 1. The van der Waals surface area contributed by atoms with E-state index in [1.54, 1.807) is 7.11 Å². The van der Waals surface area contributed by atoms with Crippen LogP contribution in [0.5, 0.6) is 5.75 Å². The highest BCUT2D eigenvalue weighted by atomic mass is 16.5. The SMILES string of the molecule is CCNC(=NCc1nnc2n1CCCCC2)NCC(c1ccccc1OC)N1CCCC1. The van der Waals surface area contributed by atoms with Crippen molar-refractivity contribution in [3.8, 4) is 5.75 Å². The topological polar surface area (TPSA) is 79.6 Å². The molecule has 0 saturated carbocycles. The molecular formula is C24H37N7O. The van der Waals surface area contributed by atoms with Gasteiger partial charge in [0.25, 0.3) is 0 Å². The van der Waals surface area contributed by atoms with Crippen LogP contribution >= 0.6 is 0 Å². The summed E-state index contributed by atoms with van der Waals surface area (Å²) in [6, 6.07) is 8.59. The number of hydrogen-bond donors (Lipinski definition) is 2. The number of methoxy groups -OCH3 is 1. The Bertz CT molecular complexity index is 888. The molecule has 0 aliphatic carbocycles. The second-order valence-electron chi connectivity index (χ2n) is 8.57. The quantitative estimate of drug-likeness (QED) is 0.486. The Hall–Kier alpha value is -2.61. The molecule has 1 saturated heterocycles. The van der Waals surface area contributed by atoms with Crippen molar-refractivity contribution in [2.45, 2.75) is 64.6 Å². The minimum atomic E-state index is 0.238. The van der Waals surface area contributed by atoms with Gasteiger partial charge in [-0.3, -0.25) is 4.90 Å². The van der Waals surface area contributed by atoms with Crippen LogP contribution in [0.25, 0.3) is 0 Å². The molecule has 2 aliphatic heterocycles. The van der Waals surface area contributed by atoms with E-state index in [4.69, 9.17) is 9.73 Å². The third kappa shape index (κ3) is 5.41. The summed E-state index contributed by atoms with van der Waals surface area (Å²) >= 11 is 0. The molecule has 8 heteroatoms. The van der Waals surface area contributed by atoms with Gasteiger partial charge in [-0.15, -0.1) is 10.2 Å². The first kappa shape index (κ1) is 22.6. The van der Waals surface area contributed by atoms with E-state index in [0.717, 1.165) is 62.5 Å². The first-order chi connectivity index (χ1) is 15.8. The van der Waals surface area contributed by atoms with Crippen LogP contribution in [0.15, 0.2) is 29.3 Å². The van der Waals surface area contributed by atoms with Crippen LogP contribution in [0, 0.1) is 0 Å². The lowest BCUT2D eigenvalue weighted by molar-refractivity contribution is 0.239. The first-order valence-electron chi connectivity index (χ1n) is 12.1. The second kappa shape index (κ2) is 11.3. The number of rotatable bonds is 8. The third-order valence-electron chi connectivity index (χ3n) is 6.45. The molecule has 0 amide bonds. The van der Waals surface area contributed by atoms with Crippen molar-refractivity contribution in [2.24, 2.45) is 4.99 Å². The summed E-state index contributed by atoms with van der Waals surface area (Å²) in [7, 11) is 1.75. The molecule has 32 heavy (non-hydrogen) atoms. The van der Waals surface area contributed by atoms with Crippen LogP contribution in [0.4, 0.5) is 0 Å². The largest absolute Gasteiger partial charge is 0.496 e. The maximum absolute atomic E-state index is 5.68. The highest BCUT2D eigenvalue weighted by Crippen LogP contribution is 2.31. The zero-order valence-electron chi connectivity index (χ0n) is 19.5. The number of hydrogen-bond acceptors (Lipinski definition) is 5. The number of nitrogens with one attached hydrogen (secondary N) is 2. The summed E-state index contributed by atoms with van der Waals surface area (Å²) in [5.74, 6) is 3.83. The van der Waals surface area contributed by atoms with Gasteiger partial charge in [-0.25, -0.2) is 4.99 Å². The second-order valence-corrected chi connectivity index (χ2v) is 8.57. The normalized spacial score (nSPS) is 18.1. The van der Waals surface area contributed by atoms with Crippen molar-refractivity contribution >= 4 is 5.96 Å². The van der Waals surface area contributed by atoms with E-state index >= 15 is 0 Å². The van der Waals surface area contributed by atoms with Crippen molar-refractivity contribution in [2.75, 3.05) is 33.3 Å². The monoisotopic (exact) mass is 439 g/mol. The van der Waals surface area contributed by atoms with Crippen LogP contribution in [0.1, 0.15) is 62.3 Å². The average Bonchev–Trinajstić information content (AvgIpc) is 3.42. The summed E-state index contributed by atoms with van der Waals surface area (Å²) < 4.78 is 7.95. The number of guanidine groups is 1. The smallest absolute Gasteiger partial charge is 0.191 e. The van der Waals surface area contributed by atoms with E-state index in [2.05, 4.69) is 55.4 Å². The minimum Gasteiger partial charge on any atom is -0.496 e. The number of ether oxygens (including phenoxy) is 1. The number of likely N-dealkylation sites (tertiary alicyclic amines) is 1. The molecule has 1 fully saturated rings. The van der Waals surface area contributed by atoms with Crippen LogP contribution in [-0.4, -0.2) is 58.9 Å². The number of aryl methyl sites for hydroxylation is 1. The van der Waals surface area contributed by atoms with Crippen LogP contribution < -0.4 is 15.4 Å². The summed E-state index contributed by atoms with van der Waals surface area (Å²) in [5.41, 5.74) is 1.23. The van der Waals surface area contributed by atoms with Gasteiger partial charge < -0.3 is 19.9 Å². The number of nitrogens with zero attached hydrogens (tertiary/aromatic N) is 5. The van der Waals surface area contributed by atoms with Crippen LogP contribution in [0.2, 0.25) is 0 Å². The van der Waals surface area contributed by atoms with Gasteiger partial charge in [-0.2, -0.15) is 0 Å². The molecule has 0 bridgehead atoms. The van der Waals surface area contributed by atoms with Crippen LogP contribution in [-0.2, 0) is 19.5 Å². The van der Waals surface area contributed by atoms with E-state index in [0.29, 0.717) is 6.54 Å². The summed E-state index contributed by atoms with van der Waals surface area (Å²) in [6.45, 7) is 7.44. The van der Waals surface area contributed by atoms with Gasteiger partial charge in [-0.1, -0.05) is 24.6 Å². The Balaban J connectivity index is 1.48. The third-order valence-corrected chi connectivity index (χ3v) is 6.45. The molecule has 1 unspecified atom stereocenters. The predicted octanol–water partition coefficient (Wildman–Crippen LogP) is 2.91. The van der Waals surface area contributed by atoms with E-state index < -0.39 is 0 Å². The number of benzene rings is 1. The van der Waals surface area contributed by atoms with Crippen LogP contribution in [0.3, 0.4) is 0 Å². The lowest BCUT2D eigenvalue weighted by Gasteiger charge is -2.30. The number of aromatic nitrogens is 3. The summed E-state index contributed by atoms with van der Waals surface area (Å²) in [4.78, 5) is 7.40. The van der Waals surface area contributed by atoms with Gasteiger partial charge in [0.15, 0.2) is 11.8 Å². The predicted molar refractivity (Wildman–Crippen MR) is 127 cm³/mol. The van der Waals surface area contributed by atoms with E-state index in [-0.39, 0.29) is 6.04 Å².